The summed E-state index contributed by atoms with van der Waals surface area (Å²) in [5, 5.41) is 2.78. The van der Waals surface area contributed by atoms with Crippen LogP contribution in [0.3, 0.4) is 0 Å². The minimum absolute atomic E-state index is 0.0198. The van der Waals surface area contributed by atoms with Gasteiger partial charge in [-0.1, -0.05) is 32.6 Å². The molecule has 0 saturated carbocycles. The van der Waals surface area contributed by atoms with E-state index < -0.39 is 9.84 Å². The number of rotatable bonds is 8. The number of hydrogen-bond acceptors (Lipinski definition) is 3. The Morgan fingerprint density at radius 2 is 1.65 bits per heavy atom. The van der Waals surface area contributed by atoms with Crippen molar-refractivity contribution in [2.45, 2.75) is 50.3 Å². The molecule has 0 radical (unpaired) electrons. The van der Waals surface area contributed by atoms with Crippen LogP contribution in [-0.2, 0) is 14.6 Å². The molecule has 20 heavy (non-hydrogen) atoms. The normalized spacial score (nSPS) is 11.3. The molecule has 0 aromatic heterocycles. The van der Waals surface area contributed by atoms with Crippen molar-refractivity contribution in [3.05, 3.63) is 24.3 Å². The lowest BCUT2D eigenvalue weighted by Gasteiger charge is -2.06. The van der Waals surface area contributed by atoms with Crippen LogP contribution in [0.4, 0.5) is 5.69 Å². The number of unbranched alkanes of at least 4 members (excludes halogenated alkanes) is 4. The van der Waals surface area contributed by atoms with E-state index in [2.05, 4.69) is 12.2 Å². The number of carbonyl (C=O) groups is 1. The molecule has 0 bridgehead atoms. The molecule has 0 aliphatic rings. The predicted molar refractivity (Wildman–Crippen MR) is 81.6 cm³/mol. The van der Waals surface area contributed by atoms with Gasteiger partial charge < -0.3 is 5.32 Å². The quantitative estimate of drug-likeness (QED) is 0.748. The van der Waals surface area contributed by atoms with Gasteiger partial charge in [-0.15, -0.1) is 0 Å². The number of nitrogens with one attached hydrogen (secondary N) is 1. The first-order chi connectivity index (χ1) is 9.43. The average Bonchev–Trinajstić information content (AvgIpc) is 2.38. The molecule has 0 atom stereocenters. The number of carbonyl (C=O) groups excluding carboxylic acids is 1. The molecule has 5 heteroatoms. The van der Waals surface area contributed by atoms with E-state index in [0.717, 1.165) is 19.1 Å². The Kier molecular flexibility index (Phi) is 6.71. The summed E-state index contributed by atoms with van der Waals surface area (Å²) in [4.78, 5) is 12.0. The maximum atomic E-state index is 11.7. The third-order valence-electron chi connectivity index (χ3n) is 3.07. The van der Waals surface area contributed by atoms with E-state index in [-0.39, 0.29) is 10.8 Å². The van der Waals surface area contributed by atoms with Crippen molar-refractivity contribution in [3.8, 4) is 0 Å². The van der Waals surface area contributed by atoms with Crippen molar-refractivity contribution >= 4 is 21.4 Å². The third kappa shape index (κ3) is 6.19. The predicted octanol–water partition coefficient (Wildman–Crippen LogP) is 3.39. The van der Waals surface area contributed by atoms with Crippen molar-refractivity contribution < 1.29 is 13.2 Å². The molecular weight excluding hydrogens is 274 g/mol. The third-order valence-corrected chi connectivity index (χ3v) is 4.20. The first-order valence-electron chi connectivity index (χ1n) is 7.03. The van der Waals surface area contributed by atoms with Crippen molar-refractivity contribution in [1.29, 1.82) is 0 Å². The van der Waals surface area contributed by atoms with E-state index in [1.54, 1.807) is 12.1 Å². The van der Waals surface area contributed by atoms with Gasteiger partial charge in [0.25, 0.3) is 0 Å². The van der Waals surface area contributed by atoms with Crippen LogP contribution in [0.15, 0.2) is 29.2 Å². The van der Waals surface area contributed by atoms with E-state index in [4.69, 9.17) is 0 Å². The smallest absolute Gasteiger partial charge is 0.224 e. The van der Waals surface area contributed by atoms with Crippen LogP contribution in [0.1, 0.15) is 45.4 Å². The topological polar surface area (TPSA) is 63.2 Å². The van der Waals surface area contributed by atoms with Gasteiger partial charge in [-0.25, -0.2) is 8.42 Å². The summed E-state index contributed by atoms with van der Waals surface area (Å²) in [6.07, 6.45) is 7.23. The molecule has 1 amide bonds. The fourth-order valence-corrected chi connectivity index (χ4v) is 2.53. The fourth-order valence-electron chi connectivity index (χ4n) is 1.90. The number of amides is 1. The molecule has 112 valence electrons. The van der Waals surface area contributed by atoms with Crippen LogP contribution < -0.4 is 5.32 Å². The summed E-state index contributed by atoms with van der Waals surface area (Å²) < 4.78 is 22.6. The Balaban J connectivity index is 2.39. The van der Waals surface area contributed by atoms with Gasteiger partial charge in [0.05, 0.1) is 4.90 Å². The zero-order valence-electron chi connectivity index (χ0n) is 12.2. The highest BCUT2D eigenvalue weighted by Crippen LogP contribution is 2.14. The Bertz CT molecular complexity index is 521. The van der Waals surface area contributed by atoms with Gasteiger partial charge in [0, 0.05) is 18.4 Å². The molecule has 0 heterocycles. The van der Waals surface area contributed by atoms with Crippen LogP contribution in [0.5, 0.6) is 0 Å². The van der Waals surface area contributed by atoms with Crippen molar-refractivity contribution in [3.63, 3.8) is 0 Å². The molecule has 1 aromatic carbocycles. The minimum atomic E-state index is -3.18. The molecule has 0 aliphatic heterocycles. The Morgan fingerprint density at radius 3 is 2.20 bits per heavy atom. The maximum absolute atomic E-state index is 11.7. The number of hydrogen-bond donors (Lipinski definition) is 1. The first kappa shape index (κ1) is 16.7. The van der Waals surface area contributed by atoms with E-state index in [1.807, 2.05) is 0 Å². The molecule has 1 N–H and O–H groups in total. The summed E-state index contributed by atoms with van der Waals surface area (Å²) in [5.41, 5.74) is 0.635. The molecule has 0 saturated heterocycles. The van der Waals surface area contributed by atoms with Crippen LogP contribution in [-0.4, -0.2) is 20.6 Å². The zero-order chi connectivity index (χ0) is 15.0. The second-order valence-corrected chi connectivity index (χ2v) is 7.02. The Labute approximate surface area is 121 Å². The molecule has 1 aromatic rings. The summed E-state index contributed by atoms with van der Waals surface area (Å²) in [6.45, 7) is 2.16. The minimum Gasteiger partial charge on any atom is -0.326 e. The Hall–Kier alpha value is -1.36. The largest absolute Gasteiger partial charge is 0.326 e. The number of anilines is 1. The molecule has 0 spiro atoms. The highest BCUT2D eigenvalue weighted by atomic mass is 32.2. The molecule has 4 nitrogen and oxygen atoms in total. The second kappa shape index (κ2) is 8.04. The average molecular weight is 297 g/mol. The number of sulfone groups is 1. The van der Waals surface area contributed by atoms with Crippen LogP contribution in [0.2, 0.25) is 0 Å². The second-order valence-electron chi connectivity index (χ2n) is 5.01. The SMILES string of the molecule is CCCCCCCC(=O)Nc1ccc(S(C)(=O)=O)cc1. The Morgan fingerprint density at radius 1 is 1.05 bits per heavy atom. The van der Waals surface area contributed by atoms with Gasteiger partial charge in [-0.2, -0.15) is 0 Å². The standard InChI is InChI=1S/C15H23NO3S/c1-3-4-5-6-7-8-15(17)16-13-9-11-14(12-10-13)20(2,18)19/h9-12H,3-8H2,1-2H3,(H,16,17). The molecule has 1 rings (SSSR count). The van der Waals surface area contributed by atoms with Crippen molar-refractivity contribution in [2.24, 2.45) is 0 Å². The van der Waals surface area contributed by atoms with E-state index in [0.29, 0.717) is 12.1 Å². The van der Waals surface area contributed by atoms with E-state index in [1.165, 1.54) is 31.4 Å². The summed E-state index contributed by atoms with van der Waals surface area (Å²) in [6, 6.07) is 6.25. The monoisotopic (exact) mass is 297 g/mol. The lowest BCUT2D eigenvalue weighted by atomic mass is 10.1. The van der Waals surface area contributed by atoms with Gasteiger partial charge in [-0.3, -0.25) is 4.79 Å². The highest BCUT2D eigenvalue weighted by molar-refractivity contribution is 7.90. The van der Waals surface area contributed by atoms with Crippen molar-refractivity contribution in [2.75, 3.05) is 11.6 Å². The summed E-state index contributed by atoms with van der Waals surface area (Å²) in [7, 11) is -3.18. The van der Waals surface area contributed by atoms with Gasteiger partial charge in [-0.05, 0) is 30.7 Å². The molecule has 0 aliphatic carbocycles. The van der Waals surface area contributed by atoms with Gasteiger partial charge in [0.2, 0.25) is 5.91 Å². The van der Waals surface area contributed by atoms with Crippen LogP contribution >= 0.6 is 0 Å². The zero-order valence-corrected chi connectivity index (χ0v) is 13.0. The van der Waals surface area contributed by atoms with E-state index in [9.17, 15) is 13.2 Å². The van der Waals surface area contributed by atoms with E-state index >= 15 is 0 Å². The van der Waals surface area contributed by atoms with Gasteiger partial charge in [0.15, 0.2) is 9.84 Å². The molecule has 0 unspecified atom stereocenters. The maximum Gasteiger partial charge on any atom is 0.224 e. The molecular formula is C15H23NO3S. The van der Waals surface area contributed by atoms with Crippen LogP contribution in [0, 0.1) is 0 Å². The number of benzene rings is 1. The molecule has 0 fully saturated rings. The lowest BCUT2D eigenvalue weighted by molar-refractivity contribution is -0.116. The van der Waals surface area contributed by atoms with Crippen LogP contribution in [0.25, 0.3) is 0 Å². The van der Waals surface area contributed by atoms with Gasteiger partial charge in [0.1, 0.15) is 0 Å². The first-order valence-corrected chi connectivity index (χ1v) is 8.92. The lowest BCUT2D eigenvalue weighted by Crippen LogP contribution is -2.11. The summed E-state index contributed by atoms with van der Waals surface area (Å²) in [5.74, 6) is -0.0198. The highest BCUT2D eigenvalue weighted by Gasteiger charge is 2.07. The fraction of sp³-hybridized carbons (Fsp3) is 0.533. The van der Waals surface area contributed by atoms with Gasteiger partial charge >= 0.3 is 0 Å². The van der Waals surface area contributed by atoms with Crippen molar-refractivity contribution in [1.82, 2.24) is 0 Å². The summed E-state index contributed by atoms with van der Waals surface area (Å²) >= 11 is 0.